The molecule has 1 N–H and O–H groups in total. The van der Waals surface area contributed by atoms with Crippen LogP contribution >= 0.6 is 11.8 Å². The third-order valence-corrected chi connectivity index (χ3v) is 5.63. The van der Waals surface area contributed by atoms with Crippen LogP contribution in [0.2, 0.25) is 0 Å². The summed E-state index contributed by atoms with van der Waals surface area (Å²) in [7, 11) is 0. The molecule has 0 aromatic carbocycles. The highest BCUT2D eigenvalue weighted by Crippen LogP contribution is 2.44. The van der Waals surface area contributed by atoms with Crippen molar-refractivity contribution in [2.45, 2.75) is 50.6 Å². The number of rotatable bonds is 3. The van der Waals surface area contributed by atoms with E-state index in [-0.39, 0.29) is 0 Å². The van der Waals surface area contributed by atoms with Crippen molar-refractivity contribution in [1.29, 1.82) is 0 Å². The molecule has 2 saturated carbocycles. The van der Waals surface area contributed by atoms with E-state index in [1.807, 2.05) is 0 Å². The fourth-order valence-electron chi connectivity index (χ4n) is 3.13. The molecule has 1 aliphatic heterocycles. The van der Waals surface area contributed by atoms with Gasteiger partial charge in [0.15, 0.2) is 0 Å². The van der Waals surface area contributed by atoms with Crippen molar-refractivity contribution < 1.29 is 0 Å². The van der Waals surface area contributed by atoms with Crippen LogP contribution in [-0.4, -0.2) is 23.6 Å². The first-order valence-electron chi connectivity index (χ1n) is 6.27. The molecule has 0 radical (unpaired) electrons. The summed E-state index contributed by atoms with van der Waals surface area (Å²) in [6.07, 6.45) is 8.96. The molecular formula is C12H21NS. The number of nitrogens with one attached hydrogen (secondary N) is 1. The Labute approximate surface area is 91.4 Å². The fraction of sp³-hybridized carbons (Fsp3) is 1.00. The first-order valence-corrected chi connectivity index (χ1v) is 7.43. The number of hydrogen-bond acceptors (Lipinski definition) is 2. The standard InChI is InChI=1S/C12H21NS/c1-2-9(3-1)11-4-5-12(11)13-10-6-7-14-8-10/h9-13H,1-8H2. The second kappa shape index (κ2) is 4.05. The van der Waals surface area contributed by atoms with Crippen LogP contribution in [0, 0.1) is 11.8 Å². The smallest absolute Gasteiger partial charge is 0.0168 e. The molecule has 3 atom stereocenters. The van der Waals surface area contributed by atoms with Gasteiger partial charge in [0.2, 0.25) is 0 Å². The molecule has 1 saturated heterocycles. The van der Waals surface area contributed by atoms with Gasteiger partial charge in [-0.1, -0.05) is 19.3 Å². The Balaban J connectivity index is 1.47. The predicted molar refractivity (Wildman–Crippen MR) is 62.7 cm³/mol. The van der Waals surface area contributed by atoms with Crippen LogP contribution in [0.15, 0.2) is 0 Å². The number of hydrogen-bond donors (Lipinski definition) is 1. The van der Waals surface area contributed by atoms with Crippen molar-refractivity contribution in [3.63, 3.8) is 0 Å². The van der Waals surface area contributed by atoms with Gasteiger partial charge < -0.3 is 5.32 Å². The van der Waals surface area contributed by atoms with E-state index in [0.29, 0.717) is 0 Å². The average molecular weight is 211 g/mol. The van der Waals surface area contributed by atoms with Gasteiger partial charge in [-0.25, -0.2) is 0 Å². The number of thioether (sulfide) groups is 1. The van der Waals surface area contributed by atoms with Gasteiger partial charge in [-0.05, 0) is 36.9 Å². The molecule has 3 fully saturated rings. The van der Waals surface area contributed by atoms with Crippen LogP contribution in [0.4, 0.5) is 0 Å². The zero-order chi connectivity index (χ0) is 9.38. The highest BCUT2D eigenvalue weighted by Gasteiger charge is 2.40. The van der Waals surface area contributed by atoms with E-state index >= 15 is 0 Å². The van der Waals surface area contributed by atoms with Gasteiger partial charge in [-0.2, -0.15) is 11.8 Å². The third kappa shape index (κ3) is 1.71. The zero-order valence-corrected chi connectivity index (χ0v) is 9.69. The zero-order valence-electron chi connectivity index (χ0n) is 8.87. The van der Waals surface area contributed by atoms with E-state index in [0.717, 1.165) is 23.9 Å². The van der Waals surface area contributed by atoms with Crippen molar-refractivity contribution in [1.82, 2.24) is 5.32 Å². The van der Waals surface area contributed by atoms with Crippen LogP contribution in [-0.2, 0) is 0 Å². The summed E-state index contributed by atoms with van der Waals surface area (Å²) in [5.41, 5.74) is 0. The van der Waals surface area contributed by atoms with E-state index in [1.165, 1.54) is 50.0 Å². The first kappa shape index (κ1) is 9.53. The molecule has 0 amide bonds. The van der Waals surface area contributed by atoms with Crippen molar-refractivity contribution in [3.05, 3.63) is 0 Å². The highest BCUT2D eigenvalue weighted by molar-refractivity contribution is 7.99. The second-order valence-corrected chi connectivity index (χ2v) is 6.42. The first-order chi connectivity index (χ1) is 6.93. The van der Waals surface area contributed by atoms with Gasteiger partial charge in [-0.15, -0.1) is 0 Å². The highest BCUT2D eigenvalue weighted by atomic mass is 32.2. The quantitative estimate of drug-likeness (QED) is 0.770. The van der Waals surface area contributed by atoms with E-state index in [1.54, 1.807) is 0 Å². The van der Waals surface area contributed by atoms with Crippen molar-refractivity contribution in [3.8, 4) is 0 Å². The average Bonchev–Trinajstić information content (AvgIpc) is 2.57. The molecule has 2 aliphatic carbocycles. The summed E-state index contributed by atoms with van der Waals surface area (Å²) >= 11 is 2.13. The maximum Gasteiger partial charge on any atom is 0.0168 e. The lowest BCUT2D eigenvalue weighted by Gasteiger charge is -2.47. The van der Waals surface area contributed by atoms with Gasteiger partial charge in [0.25, 0.3) is 0 Å². The molecule has 3 rings (SSSR count). The summed E-state index contributed by atoms with van der Waals surface area (Å²) in [6, 6.07) is 1.76. The van der Waals surface area contributed by atoms with Crippen molar-refractivity contribution in [2.75, 3.05) is 11.5 Å². The van der Waals surface area contributed by atoms with Gasteiger partial charge >= 0.3 is 0 Å². The molecular weight excluding hydrogens is 190 g/mol. The molecule has 0 aromatic rings. The minimum absolute atomic E-state index is 0.855. The molecule has 3 unspecified atom stereocenters. The maximum atomic E-state index is 3.89. The third-order valence-electron chi connectivity index (χ3n) is 4.46. The largest absolute Gasteiger partial charge is 0.310 e. The minimum atomic E-state index is 0.855. The van der Waals surface area contributed by atoms with Crippen molar-refractivity contribution >= 4 is 11.8 Å². The van der Waals surface area contributed by atoms with Crippen LogP contribution < -0.4 is 5.32 Å². The van der Waals surface area contributed by atoms with E-state index in [9.17, 15) is 0 Å². The molecule has 3 aliphatic rings. The van der Waals surface area contributed by atoms with E-state index in [4.69, 9.17) is 0 Å². The normalized spacial score (nSPS) is 43.3. The topological polar surface area (TPSA) is 12.0 Å². The maximum absolute atomic E-state index is 3.89. The molecule has 0 bridgehead atoms. The summed E-state index contributed by atoms with van der Waals surface area (Å²) in [4.78, 5) is 0. The Bertz CT molecular complexity index is 196. The fourth-order valence-corrected chi connectivity index (χ4v) is 4.30. The summed E-state index contributed by atoms with van der Waals surface area (Å²) in [5, 5.41) is 3.89. The summed E-state index contributed by atoms with van der Waals surface area (Å²) in [6.45, 7) is 0. The van der Waals surface area contributed by atoms with Crippen LogP contribution in [0.1, 0.15) is 38.5 Å². The molecule has 14 heavy (non-hydrogen) atoms. The Morgan fingerprint density at radius 3 is 2.43 bits per heavy atom. The van der Waals surface area contributed by atoms with Crippen LogP contribution in [0.5, 0.6) is 0 Å². The summed E-state index contributed by atoms with van der Waals surface area (Å²) in [5.74, 6) is 4.93. The van der Waals surface area contributed by atoms with Crippen LogP contribution in [0.3, 0.4) is 0 Å². The molecule has 1 nitrogen and oxygen atoms in total. The Kier molecular flexibility index (Phi) is 2.76. The van der Waals surface area contributed by atoms with Crippen LogP contribution in [0.25, 0.3) is 0 Å². The van der Waals surface area contributed by atoms with Crippen molar-refractivity contribution in [2.24, 2.45) is 11.8 Å². The van der Waals surface area contributed by atoms with Gasteiger partial charge in [0.05, 0.1) is 0 Å². The van der Waals surface area contributed by atoms with E-state index in [2.05, 4.69) is 17.1 Å². The lowest BCUT2D eigenvalue weighted by molar-refractivity contribution is 0.0769. The molecule has 2 heteroatoms. The Morgan fingerprint density at radius 1 is 1.00 bits per heavy atom. The second-order valence-electron chi connectivity index (χ2n) is 5.27. The molecule has 80 valence electrons. The summed E-state index contributed by atoms with van der Waals surface area (Å²) < 4.78 is 0. The van der Waals surface area contributed by atoms with Gasteiger partial charge in [0.1, 0.15) is 0 Å². The SMILES string of the molecule is C1CC(C2CCC2NC2CCSC2)C1. The van der Waals surface area contributed by atoms with Gasteiger partial charge in [-0.3, -0.25) is 0 Å². The van der Waals surface area contributed by atoms with E-state index < -0.39 is 0 Å². The minimum Gasteiger partial charge on any atom is -0.310 e. The Morgan fingerprint density at radius 2 is 1.93 bits per heavy atom. The van der Waals surface area contributed by atoms with Gasteiger partial charge in [0, 0.05) is 17.8 Å². The molecule has 0 aromatic heterocycles. The lowest BCUT2D eigenvalue weighted by Crippen LogP contribution is -2.52. The lowest BCUT2D eigenvalue weighted by atomic mass is 9.64. The molecule has 0 spiro atoms. The predicted octanol–water partition coefficient (Wildman–Crippen LogP) is 2.66. The monoisotopic (exact) mass is 211 g/mol. The molecule has 1 heterocycles. The Hall–Kier alpha value is 0.310.